The van der Waals surface area contributed by atoms with Crippen LogP contribution in [0.3, 0.4) is 0 Å². The summed E-state index contributed by atoms with van der Waals surface area (Å²) in [6.07, 6.45) is 0.0655. The number of carbonyl (C=O) groups excluding carboxylic acids is 1. The van der Waals surface area contributed by atoms with E-state index in [0.717, 1.165) is 11.8 Å². The second kappa shape index (κ2) is 10.6. The van der Waals surface area contributed by atoms with Gasteiger partial charge in [0.15, 0.2) is 5.16 Å². The molecule has 0 unspecified atom stereocenters. The van der Waals surface area contributed by atoms with Crippen LogP contribution in [-0.4, -0.2) is 43.5 Å². The summed E-state index contributed by atoms with van der Waals surface area (Å²) in [7, 11) is 1.48. The fourth-order valence-electron chi connectivity index (χ4n) is 3.24. The van der Waals surface area contributed by atoms with E-state index in [-0.39, 0.29) is 18.1 Å². The van der Waals surface area contributed by atoms with Crippen molar-refractivity contribution in [3.63, 3.8) is 0 Å². The molecule has 0 bridgehead atoms. The quantitative estimate of drug-likeness (QED) is 0.306. The lowest BCUT2D eigenvalue weighted by molar-refractivity contribution is -0.113. The van der Waals surface area contributed by atoms with Crippen LogP contribution >= 0.6 is 23.4 Å². The Labute approximate surface area is 206 Å². The van der Waals surface area contributed by atoms with Crippen molar-refractivity contribution in [2.75, 3.05) is 18.2 Å². The molecule has 13 heteroatoms. The third-order valence-electron chi connectivity index (χ3n) is 4.72. The summed E-state index contributed by atoms with van der Waals surface area (Å²) in [4.78, 5) is 40.6. The van der Waals surface area contributed by atoms with Crippen molar-refractivity contribution in [1.82, 2.24) is 24.7 Å². The number of rotatable bonds is 8. The molecular formula is C22H18ClFN6O4S. The van der Waals surface area contributed by atoms with Crippen LogP contribution in [0.5, 0.6) is 5.75 Å². The molecule has 1 amide bonds. The van der Waals surface area contributed by atoms with Gasteiger partial charge in [-0.15, -0.1) is 10.2 Å². The monoisotopic (exact) mass is 516 g/mol. The van der Waals surface area contributed by atoms with Crippen molar-refractivity contribution < 1.29 is 13.9 Å². The van der Waals surface area contributed by atoms with Crippen LogP contribution in [0.15, 0.2) is 63.3 Å². The summed E-state index contributed by atoms with van der Waals surface area (Å²) in [6.45, 7) is 0. The topological polar surface area (TPSA) is 135 Å². The zero-order chi connectivity index (χ0) is 24.9. The van der Waals surface area contributed by atoms with E-state index < -0.39 is 17.1 Å². The van der Waals surface area contributed by atoms with E-state index in [1.54, 1.807) is 22.8 Å². The first-order valence-corrected chi connectivity index (χ1v) is 11.5. The Morgan fingerprint density at radius 1 is 1.14 bits per heavy atom. The fraction of sp³-hybridized carbons (Fsp3) is 0.136. The van der Waals surface area contributed by atoms with Gasteiger partial charge in [-0.1, -0.05) is 23.4 Å². The number of hydrogen-bond acceptors (Lipinski definition) is 7. The third-order valence-corrected chi connectivity index (χ3v) is 5.88. The van der Waals surface area contributed by atoms with Crippen molar-refractivity contribution in [2.45, 2.75) is 11.6 Å². The van der Waals surface area contributed by atoms with Crippen LogP contribution in [0, 0.1) is 5.82 Å². The van der Waals surface area contributed by atoms with Gasteiger partial charge in [0.05, 0.1) is 18.6 Å². The van der Waals surface area contributed by atoms with Crippen molar-refractivity contribution in [1.29, 1.82) is 0 Å². The Morgan fingerprint density at radius 3 is 2.63 bits per heavy atom. The zero-order valence-electron chi connectivity index (χ0n) is 18.2. The van der Waals surface area contributed by atoms with Gasteiger partial charge < -0.3 is 15.0 Å². The Kier molecular flexibility index (Phi) is 7.32. The highest BCUT2D eigenvalue weighted by molar-refractivity contribution is 7.99. The van der Waals surface area contributed by atoms with Crippen molar-refractivity contribution >= 4 is 35.0 Å². The Hall–Kier alpha value is -3.90. The molecule has 0 saturated carbocycles. The number of thioether (sulfide) groups is 1. The van der Waals surface area contributed by atoms with Gasteiger partial charge in [0.25, 0.3) is 5.56 Å². The number of nitrogens with one attached hydrogen (secondary N) is 3. The highest BCUT2D eigenvalue weighted by Crippen LogP contribution is 2.28. The lowest BCUT2D eigenvalue weighted by Crippen LogP contribution is -2.23. The second-order valence-corrected chi connectivity index (χ2v) is 8.56. The van der Waals surface area contributed by atoms with Gasteiger partial charge in [0.1, 0.15) is 17.4 Å². The molecule has 0 aliphatic heterocycles. The van der Waals surface area contributed by atoms with Crippen LogP contribution < -0.4 is 21.3 Å². The zero-order valence-corrected chi connectivity index (χ0v) is 19.7. The molecule has 180 valence electrons. The van der Waals surface area contributed by atoms with Crippen molar-refractivity contribution in [2.24, 2.45) is 0 Å². The predicted molar refractivity (Wildman–Crippen MR) is 129 cm³/mol. The molecule has 0 fully saturated rings. The van der Waals surface area contributed by atoms with Gasteiger partial charge in [0, 0.05) is 28.9 Å². The Morgan fingerprint density at radius 2 is 1.91 bits per heavy atom. The number of aromatic amines is 2. The molecule has 0 aliphatic carbocycles. The number of hydrogen-bond donors (Lipinski definition) is 3. The maximum absolute atomic E-state index is 13.5. The molecule has 35 heavy (non-hydrogen) atoms. The fourth-order valence-corrected chi connectivity index (χ4v) is 4.18. The molecule has 2 aromatic carbocycles. The number of anilines is 1. The molecular weight excluding hydrogens is 499 g/mol. The van der Waals surface area contributed by atoms with Gasteiger partial charge in [0.2, 0.25) is 5.91 Å². The molecule has 4 aromatic rings. The van der Waals surface area contributed by atoms with Gasteiger partial charge in [-0.05, 0) is 42.5 Å². The van der Waals surface area contributed by atoms with E-state index in [0.29, 0.717) is 38.8 Å². The first-order valence-electron chi connectivity index (χ1n) is 10.1. The first-order chi connectivity index (χ1) is 16.8. The maximum atomic E-state index is 13.5. The Bertz CT molecular complexity index is 1460. The van der Waals surface area contributed by atoms with Gasteiger partial charge in [-0.3, -0.25) is 19.1 Å². The summed E-state index contributed by atoms with van der Waals surface area (Å²) in [5.41, 5.74) is 0.0711. The molecule has 0 aliphatic rings. The lowest BCUT2D eigenvalue weighted by atomic mass is 10.2. The minimum Gasteiger partial charge on any atom is -0.495 e. The van der Waals surface area contributed by atoms with Crippen LogP contribution in [0.2, 0.25) is 5.02 Å². The molecule has 4 rings (SSSR count). The summed E-state index contributed by atoms with van der Waals surface area (Å²) in [5.74, 6) is 0.0290. The SMILES string of the molecule is COc1ccc(Cl)cc1NC(=O)CSc1nnc(Cc2cc(=O)[nH]c(=O)[nH]2)n1-c1ccc(F)cc1. The predicted octanol–water partition coefficient (Wildman–Crippen LogP) is 2.77. The van der Waals surface area contributed by atoms with Crippen LogP contribution in [-0.2, 0) is 11.2 Å². The van der Waals surface area contributed by atoms with Gasteiger partial charge in [-0.25, -0.2) is 9.18 Å². The number of amides is 1. The van der Waals surface area contributed by atoms with E-state index in [4.69, 9.17) is 16.3 Å². The number of H-pyrrole nitrogens is 2. The molecule has 3 N–H and O–H groups in total. The normalized spacial score (nSPS) is 10.8. The minimum atomic E-state index is -0.650. The molecule has 0 saturated heterocycles. The summed E-state index contributed by atoms with van der Waals surface area (Å²) in [5, 5.41) is 11.9. The highest BCUT2D eigenvalue weighted by atomic mass is 35.5. The molecule has 0 atom stereocenters. The molecule has 10 nitrogen and oxygen atoms in total. The van der Waals surface area contributed by atoms with E-state index in [1.165, 1.54) is 37.4 Å². The number of aromatic nitrogens is 5. The van der Waals surface area contributed by atoms with Crippen molar-refractivity contribution in [3.05, 3.63) is 91.7 Å². The van der Waals surface area contributed by atoms with Crippen LogP contribution in [0.25, 0.3) is 5.69 Å². The maximum Gasteiger partial charge on any atom is 0.325 e. The summed E-state index contributed by atoms with van der Waals surface area (Å²) in [6, 6.07) is 11.7. The lowest BCUT2D eigenvalue weighted by Gasteiger charge is -2.12. The standard InChI is InChI=1S/C22H18ClFN6O4S/c1-34-17-7-2-12(23)8-16(17)26-20(32)11-35-22-29-28-18(9-14-10-19(31)27-21(33)25-14)30(22)15-5-3-13(24)4-6-15/h2-8,10H,9,11H2,1H3,(H,26,32)(H2,25,27,31,33). The van der Waals surface area contributed by atoms with Crippen LogP contribution in [0.4, 0.5) is 10.1 Å². The average molecular weight is 517 g/mol. The number of carbonyl (C=O) groups is 1. The largest absolute Gasteiger partial charge is 0.495 e. The van der Waals surface area contributed by atoms with E-state index in [9.17, 15) is 18.8 Å². The van der Waals surface area contributed by atoms with Gasteiger partial charge in [-0.2, -0.15) is 0 Å². The smallest absolute Gasteiger partial charge is 0.325 e. The molecule has 0 spiro atoms. The molecule has 2 heterocycles. The number of nitrogens with zero attached hydrogens (tertiary/aromatic N) is 3. The van der Waals surface area contributed by atoms with Gasteiger partial charge >= 0.3 is 5.69 Å². The van der Waals surface area contributed by atoms with Crippen LogP contribution in [0.1, 0.15) is 11.5 Å². The van der Waals surface area contributed by atoms with E-state index in [2.05, 4.69) is 25.5 Å². The third kappa shape index (κ3) is 5.97. The molecule has 0 radical (unpaired) electrons. The highest BCUT2D eigenvalue weighted by Gasteiger charge is 2.18. The summed E-state index contributed by atoms with van der Waals surface area (Å²) < 4.78 is 20.4. The van der Waals surface area contributed by atoms with E-state index >= 15 is 0 Å². The molecule has 2 aromatic heterocycles. The van der Waals surface area contributed by atoms with Crippen molar-refractivity contribution in [3.8, 4) is 11.4 Å². The first kappa shape index (κ1) is 24.2. The van der Waals surface area contributed by atoms with E-state index in [1.807, 2.05) is 0 Å². The number of ether oxygens (including phenoxy) is 1. The number of methoxy groups -OCH3 is 1. The Balaban J connectivity index is 1.59. The minimum absolute atomic E-state index is 0.0309. The number of halogens is 2. The second-order valence-electron chi connectivity index (χ2n) is 7.18. The average Bonchev–Trinajstić information content (AvgIpc) is 3.20. The summed E-state index contributed by atoms with van der Waals surface area (Å²) >= 11 is 7.11. The number of benzene rings is 2.